The van der Waals surface area contributed by atoms with Crippen molar-refractivity contribution in [2.75, 3.05) is 20.1 Å². The molecule has 0 bridgehead atoms. The predicted octanol–water partition coefficient (Wildman–Crippen LogP) is 2.60. The molecule has 1 aromatic heterocycles. The number of rotatable bonds is 8. The van der Waals surface area contributed by atoms with Crippen molar-refractivity contribution >= 4 is 0 Å². The topological polar surface area (TPSA) is 28.2 Å². The highest BCUT2D eigenvalue weighted by Gasteiger charge is 2.02. The summed E-state index contributed by atoms with van der Waals surface area (Å²) in [7, 11) is 2.19. The number of pyridine rings is 1. The first-order chi connectivity index (χ1) is 8.61. The second-order valence-corrected chi connectivity index (χ2v) is 5.23. The summed E-state index contributed by atoms with van der Waals surface area (Å²) in [6.45, 7) is 9.72. The largest absolute Gasteiger partial charge is 0.311 e. The molecule has 0 amide bonds. The van der Waals surface area contributed by atoms with Crippen molar-refractivity contribution in [3.8, 4) is 0 Å². The van der Waals surface area contributed by atoms with Crippen LogP contribution in [0.1, 0.15) is 37.9 Å². The van der Waals surface area contributed by atoms with E-state index in [1.54, 1.807) is 0 Å². The normalized spacial score (nSPS) is 11.4. The molecule has 0 fully saturated rings. The van der Waals surface area contributed by atoms with Crippen LogP contribution in [0.3, 0.4) is 0 Å². The smallest absolute Gasteiger partial charge is 0.0570 e. The van der Waals surface area contributed by atoms with Crippen molar-refractivity contribution in [1.82, 2.24) is 15.2 Å². The van der Waals surface area contributed by atoms with Gasteiger partial charge in [0.2, 0.25) is 0 Å². The Labute approximate surface area is 112 Å². The van der Waals surface area contributed by atoms with Crippen molar-refractivity contribution in [2.45, 2.75) is 46.2 Å². The molecule has 3 nitrogen and oxygen atoms in total. The second kappa shape index (κ2) is 8.22. The van der Waals surface area contributed by atoms with Gasteiger partial charge in [0.1, 0.15) is 0 Å². The fraction of sp³-hybridized carbons (Fsp3) is 0.667. The van der Waals surface area contributed by atoms with Crippen molar-refractivity contribution < 1.29 is 0 Å². The number of aromatic nitrogens is 1. The lowest BCUT2D eigenvalue weighted by Gasteiger charge is -2.20. The summed E-state index contributed by atoms with van der Waals surface area (Å²) >= 11 is 0. The van der Waals surface area contributed by atoms with E-state index in [9.17, 15) is 0 Å². The molecule has 18 heavy (non-hydrogen) atoms. The Morgan fingerprint density at radius 2 is 2.11 bits per heavy atom. The van der Waals surface area contributed by atoms with Gasteiger partial charge in [-0.25, -0.2) is 0 Å². The minimum Gasteiger partial charge on any atom is -0.311 e. The highest BCUT2D eigenvalue weighted by atomic mass is 15.1. The average molecular weight is 249 g/mol. The molecule has 1 heterocycles. The minimum atomic E-state index is 0.647. The third kappa shape index (κ3) is 5.61. The Hall–Kier alpha value is -0.930. The molecule has 1 N–H and O–H groups in total. The molecule has 1 aromatic rings. The molecule has 0 aromatic carbocycles. The van der Waals surface area contributed by atoms with Crippen molar-refractivity contribution in [3.05, 3.63) is 29.6 Å². The van der Waals surface area contributed by atoms with E-state index in [1.807, 2.05) is 12.3 Å². The van der Waals surface area contributed by atoms with Crippen molar-refractivity contribution in [2.24, 2.45) is 0 Å². The maximum absolute atomic E-state index is 4.38. The fourth-order valence-corrected chi connectivity index (χ4v) is 1.78. The van der Waals surface area contributed by atoms with E-state index in [-0.39, 0.29) is 0 Å². The van der Waals surface area contributed by atoms with Crippen molar-refractivity contribution in [1.29, 1.82) is 0 Å². The van der Waals surface area contributed by atoms with Crippen LogP contribution < -0.4 is 5.32 Å². The standard InChI is InChI=1S/C15H27N3/c1-13(2)18(4)11-6-5-9-16-12-15-14(3)8-7-10-17-15/h7-8,10,13,16H,5-6,9,11-12H2,1-4H3. The van der Waals surface area contributed by atoms with E-state index >= 15 is 0 Å². The molecule has 0 saturated carbocycles. The Kier molecular flexibility index (Phi) is 6.91. The maximum Gasteiger partial charge on any atom is 0.0570 e. The van der Waals surface area contributed by atoms with Gasteiger partial charge in [0.25, 0.3) is 0 Å². The lowest BCUT2D eigenvalue weighted by atomic mass is 10.2. The molecular formula is C15H27N3. The average Bonchev–Trinajstić information content (AvgIpc) is 2.35. The molecular weight excluding hydrogens is 222 g/mol. The molecule has 0 unspecified atom stereocenters. The van der Waals surface area contributed by atoms with Crippen LogP contribution in [0.2, 0.25) is 0 Å². The van der Waals surface area contributed by atoms with Gasteiger partial charge in [0.15, 0.2) is 0 Å². The highest BCUT2D eigenvalue weighted by Crippen LogP contribution is 2.02. The van der Waals surface area contributed by atoms with Gasteiger partial charge in [-0.15, -0.1) is 0 Å². The lowest BCUT2D eigenvalue weighted by molar-refractivity contribution is 0.268. The summed E-state index contributed by atoms with van der Waals surface area (Å²) in [5.74, 6) is 0. The van der Waals surface area contributed by atoms with Gasteiger partial charge in [0.05, 0.1) is 5.69 Å². The van der Waals surface area contributed by atoms with E-state index in [1.165, 1.54) is 24.9 Å². The number of aryl methyl sites for hydroxylation is 1. The minimum absolute atomic E-state index is 0.647. The van der Waals surface area contributed by atoms with Gasteiger partial charge >= 0.3 is 0 Å². The van der Waals surface area contributed by atoms with Gasteiger partial charge in [-0.3, -0.25) is 4.98 Å². The van der Waals surface area contributed by atoms with Crippen LogP contribution in [0.25, 0.3) is 0 Å². The van der Waals surface area contributed by atoms with Crippen LogP contribution in [0.4, 0.5) is 0 Å². The Morgan fingerprint density at radius 3 is 2.78 bits per heavy atom. The van der Waals surface area contributed by atoms with Crippen molar-refractivity contribution in [3.63, 3.8) is 0 Å². The zero-order valence-corrected chi connectivity index (χ0v) is 12.2. The number of hydrogen-bond acceptors (Lipinski definition) is 3. The van der Waals surface area contributed by atoms with E-state index in [0.717, 1.165) is 18.8 Å². The van der Waals surface area contributed by atoms with Gasteiger partial charge in [-0.1, -0.05) is 6.07 Å². The Balaban J connectivity index is 2.07. The molecule has 0 radical (unpaired) electrons. The Bertz CT molecular complexity index is 336. The van der Waals surface area contributed by atoms with Gasteiger partial charge in [-0.2, -0.15) is 0 Å². The molecule has 0 saturated heterocycles. The summed E-state index contributed by atoms with van der Waals surface area (Å²) in [6.07, 6.45) is 4.34. The fourth-order valence-electron chi connectivity index (χ4n) is 1.78. The third-order valence-corrected chi connectivity index (χ3v) is 3.41. The first-order valence-electron chi connectivity index (χ1n) is 6.92. The summed E-state index contributed by atoms with van der Waals surface area (Å²) in [6, 6.07) is 4.75. The lowest BCUT2D eigenvalue weighted by Crippen LogP contribution is -2.27. The second-order valence-electron chi connectivity index (χ2n) is 5.23. The summed E-state index contributed by atoms with van der Waals surface area (Å²) < 4.78 is 0. The first kappa shape index (κ1) is 15.1. The first-order valence-corrected chi connectivity index (χ1v) is 6.92. The van der Waals surface area contributed by atoms with E-state index in [4.69, 9.17) is 0 Å². The van der Waals surface area contributed by atoms with E-state index in [0.29, 0.717) is 6.04 Å². The zero-order chi connectivity index (χ0) is 13.4. The van der Waals surface area contributed by atoms with E-state index in [2.05, 4.69) is 49.1 Å². The SMILES string of the molecule is Cc1cccnc1CNCCCCN(C)C(C)C. The van der Waals surface area contributed by atoms with Gasteiger partial charge < -0.3 is 10.2 Å². The number of unbranched alkanes of at least 4 members (excludes halogenated alkanes) is 1. The Morgan fingerprint density at radius 1 is 1.33 bits per heavy atom. The number of nitrogens with zero attached hydrogens (tertiary/aromatic N) is 2. The highest BCUT2D eigenvalue weighted by molar-refractivity contribution is 5.17. The molecule has 0 atom stereocenters. The predicted molar refractivity (Wildman–Crippen MR) is 77.7 cm³/mol. The number of nitrogens with one attached hydrogen (secondary N) is 1. The molecule has 102 valence electrons. The molecule has 0 aliphatic heterocycles. The molecule has 3 heteroatoms. The molecule has 0 aliphatic carbocycles. The van der Waals surface area contributed by atoms with Gasteiger partial charge in [0, 0.05) is 18.8 Å². The molecule has 0 aliphatic rings. The quantitative estimate of drug-likeness (QED) is 0.718. The van der Waals surface area contributed by atoms with E-state index < -0.39 is 0 Å². The monoisotopic (exact) mass is 249 g/mol. The van der Waals surface area contributed by atoms with Crippen LogP contribution in [0, 0.1) is 6.92 Å². The molecule has 0 spiro atoms. The van der Waals surface area contributed by atoms with Crippen LogP contribution in [-0.4, -0.2) is 36.1 Å². The maximum atomic E-state index is 4.38. The molecule has 1 rings (SSSR count). The van der Waals surface area contributed by atoms with Crippen LogP contribution >= 0.6 is 0 Å². The zero-order valence-electron chi connectivity index (χ0n) is 12.2. The van der Waals surface area contributed by atoms with Crippen LogP contribution in [0.5, 0.6) is 0 Å². The summed E-state index contributed by atoms with van der Waals surface area (Å²) in [5.41, 5.74) is 2.43. The number of hydrogen-bond donors (Lipinski definition) is 1. The summed E-state index contributed by atoms with van der Waals surface area (Å²) in [5, 5.41) is 3.46. The third-order valence-electron chi connectivity index (χ3n) is 3.41. The summed E-state index contributed by atoms with van der Waals surface area (Å²) in [4.78, 5) is 6.77. The van der Waals surface area contributed by atoms with Gasteiger partial charge in [-0.05, 0) is 65.4 Å². The van der Waals surface area contributed by atoms with Crippen LogP contribution in [-0.2, 0) is 6.54 Å². The van der Waals surface area contributed by atoms with Crippen LogP contribution in [0.15, 0.2) is 18.3 Å².